The van der Waals surface area contributed by atoms with E-state index >= 15 is 0 Å². The molecule has 0 fully saturated rings. The molecule has 0 aromatic carbocycles. The highest BCUT2D eigenvalue weighted by molar-refractivity contribution is 5.77. The molecule has 0 aliphatic heterocycles. The summed E-state index contributed by atoms with van der Waals surface area (Å²) in [6.07, 6.45) is 66.0. The Morgan fingerprint density at radius 3 is 1.46 bits per heavy atom. The third-order valence-corrected chi connectivity index (χ3v) is 11.3. The van der Waals surface area contributed by atoms with Gasteiger partial charge in [-0.25, -0.2) is 0 Å². The number of amides is 1. The van der Waals surface area contributed by atoms with Crippen molar-refractivity contribution in [2.45, 2.75) is 244 Å². The number of aliphatic hydroxyl groups excluding tert-OH is 2. The van der Waals surface area contributed by atoms with E-state index in [2.05, 4.69) is 68.6 Å². The molecule has 6 nitrogen and oxygen atoms in total. The Balaban J connectivity index is 4.72. The molecule has 3 unspecified atom stereocenters. The fourth-order valence-corrected chi connectivity index (χ4v) is 7.37. The van der Waals surface area contributed by atoms with Crippen LogP contribution in [-0.2, 0) is 14.3 Å². The number of allylic oxidation sites excluding steroid dienone is 16. The smallest absolute Gasteiger partial charge is 0.306 e. The first kappa shape index (κ1) is 59.8. The van der Waals surface area contributed by atoms with Crippen molar-refractivity contribution in [3.05, 3.63) is 97.2 Å². The first-order valence-corrected chi connectivity index (χ1v) is 26.0. The van der Waals surface area contributed by atoms with Gasteiger partial charge in [0.1, 0.15) is 6.10 Å². The predicted octanol–water partition coefficient (Wildman–Crippen LogP) is 15.7. The first-order chi connectivity index (χ1) is 31.0. The van der Waals surface area contributed by atoms with Crippen molar-refractivity contribution in [1.29, 1.82) is 0 Å². The van der Waals surface area contributed by atoms with E-state index < -0.39 is 18.2 Å². The number of unbranched alkanes of at least 4 members (excludes halogenated alkanes) is 22. The Bertz CT molecular complexity index is 1260. The summed E-state index contributed by atoms with van der Waals surface area (Å²) in [4.78, 5) is 26.2. The number of nitrogens with one attached hydrogen (secondary N) is 1. The maximum Gasteiger partial charge on any atom is 0.306 e. The molecule has 0 bridgehead atoms. The van der Waals surface area contributed by atoms with Crippen LogP contribution in [0.25, 0.3) is 0 Å². The number of rotatable bonds is 45. The minimum atomic E-state index is -0.803. The van der Waals surface area contributed by atoms with E-state index in [9.17, 15) is 19.8 Å². The SMILES string of the molecule is CC\C=C/C=C/C=C/C=C\C=C\C=C\CCCCCC(=O)OC(CCCCCCCCC/C=C\C/C=C\CCCCC)CC(=O)NC(CO)C(O)CCCCCCCCCCCC. The fraction of sp³-hybridized carbons (Fsp3) is 0.684. The van der Waals surface area contributed by atoms with Crippen LogP contribution < -0.4 is 5.32 Å². The van der Waals surface area contributed by atoms with E-state index in [0.29, 0.717) is 19.3 Å². The highest BCUT2D eigenvalue weighted by Gasteiger charge is 2.24. The molecule has 0 spiro atoms. The number of aliphatic hydroxyl groups is 2. The van der Waals surface area contributed by atoms with Gasteiger partial charge in [-0.1, -0.05) is 234 Å². The largest absolute Gasteiger partial charge is 0.462 e. The van der Waals surface area contributed by atoms with Crippen molar-refractivity contribution in [2.75, 3.05) is 6.61 Å². The Morgan fingerprint density at radius 2 is 0.921 bits per heavy atom. The summed E-state index contributed by atoms with van der Waals surface area (Å²) in [6.45, 7) is 6.29. The van der Waals surface area contributed by atoms with Crippen molar-refractivity contribution in [1.82, 2.24) is 5.32 Å². The summed E-state index contributed by atoms with van der Waals surface area (Å²) in [5.41, 5.74) is 0. The van der Waals surface area contributed by atoms with E-state index in [4.69, 9.17) is 4.74 Å². The normalized spacial score (nSPS) is 14.0. The second kappa shape index (κ2) is 49.8. The number of ether oxygens (including phenoxy) is 1. The van der Waals surface area contributed by atoms with Crippen LogP contribution >= 0.6 is 0 Å². The molecule has 0 aliphatic rings. The van der Waals surface area contributed by atoms with Gasteiger partial charge in [0.15, 0.2) is 0 Å². The minimum absolute atomic E-state index is 0.0485. The summed E-state index contributed by atoms with van der Waals surface area (Å²) in [5, 5.41) is 23.7. The highest BCUT2D eigenvalue weighted by atomic mass is 16.5. The molecule has 6 heteroatoms. The van der Waals surface area contributed by atoms with Gasteiger partial charge in [-0.2, -0.15) is 0 Å². The van der Waals surface area contributed by atoms with Crippen molar-refractivity contribution < 1.29 is 24.5 Å². The van der Waals surface area contributed by atoms with Gasteiger partial charge in [-0.3, -0.25) is 9.59 Å². The van der Waals surface area contributed by atoms with Crippen molar-refractivity contribution in [3.8, 4) is 0 Å². The molecular weight excluding hydrogens is 779 g/mol. The van der Waals surface area contributed by atoms with E-state index in [1.807, 2.05) is 54.7 Å². The zero-order valence-electron chi connectivity index (χ0n) is 40.9. The molecule has 3 N–H and O–H groups in total. The lowest BCUT2D eigenvalue weighted by Crippen LogP contribution is -2.46. The Hall–Kier alpha value is -3.22. The van der Waals surface area contributed by atoms with Crippen LogP contribution in [0.3, 0.4) is 0 Å². The van der Waals surface area contributed by atoms with Gasteiger partial charge in [-0.05, 0) is 77.0 Å². The number of esters is 1. The quantitative estimate of drug-likeness (QED) is 0.0245. The van der Waals surface area contributed by atoms with Gasteiger partial charge in [0.2, 0.25) is 5.91 Å². The molecule has 0 rings (SSSR count). The lowest BCUT2D eigenvalue weighted by atomic mass is 10.0. The molecule has 63 heavy (non-hydrogen) atoms. The zero-order chi connectivity index (χ0) is 45.9. The second-order valence-electron chi connectivity index (χ2n) is 17.3. The van der Waals surface area contributed by atoms with Gasteiger partial charge in [0.25, 0.3) is 0 Å². The monoisotopic (exact) mass is 876 g/mol. The van der Waals surface area contributed by atoms with Crippen molar-refractivity contribution in [3.63, 3.8) is 0 Å². The lowest BCUT2D eigenvalue weighted by Gasteiger charge is -2.24. The van der Waals surface area contributed by atoms with Crippen molar-refractivity contribution >= 4 is 11.9 Å². The number of hydrogen-bond donors (Lipinski definition) is 3. The topological polar surface area (TPSA) is 95.9 Å². The van der Waals surface area contributed by atoms with Gasteiger partial charge >= 0.3 is 5.97 Å². The summed E-state index contributed by atoms with van der Waals surface area (Å²) >= 11 is 0. The molecule has 0 saturated heterocycles. The van der Waals surface area contributed by atoms with E-state index in [1.54, 1.807) is 0 Å². The fourth-order valence-electron chi connectivity index (χ4n) is 7.37. The molecule has 0 aromatic heterocycles. The molecule has 360 valence electrons. The third kappa shape index (κ3) is 45.2. The molecule has 0 saturated carbocycles. The van der Waals surface area contributed by atoms with E-state index in [-0.39, 0.29) is 24.9 Å². The van der Waals surface area contributed by atoms with Crippen LogP contribution in [0.15, 0.2) is 97.2 Å². The van der Waals surface area contributed by atoms with Crippen LogP contribution in [0, 0.1) is 0 Å². The van der Waals surface area contributed by atoms with Crippen LogP contribution in [0.2, 0.25) is 0 Å². The average Bonchev–Trinajstić information content (AvgIpc) is 3.28. The second-order valence-corrected chi connectivity index (χ2v) is 17.3. The Kier molecular flexibility index (Phi) is 47.2. The van der Waals surface area contributed by atoms with Crippen molar-refractivity contribution in [2.24, 2.45) is 0 Å². The summed E-state index contributed by atoms with van der Waals surface area (Å²) in [5.74, 6) is -0.539. The van der Waals surface area contributed by atoms with E-state index in [0.717, 1.165) is 83.5 Å². The highest BCUT2D eigenvalue weighted by Crippen LogP contribution is 2.17. The van der Waals surface area contributed by atoms with Crippen LogP contribution in [-0.4, -0.2) is 46.9 Å². The van der Waals surface area contributed by atoms with Gasteiger partial charge in [0.05, 0.1) is 25.2 Å². The lowest BCUT2D eigenvalue weighted by molar-refractivity contribution is -0.151. The van der Waals surface area contributed by atoms with Gasteiger partial charge < -0.3 is 20.3 Å². The molecule has 0 aromatic rings. The van der Waals surface area contributed by atoms with Crippen LogP contribution in [0.4, 0.5) is 0 Å². The molecule has 0 aliphatic carbocycles. The maximum absolute atomic E-state index is 13.2. The summed E-state index contributed by atoms with van der Waals surface area (Å²) in [7, 11) is 0. The molecule has 0 heterocycles. The van der Waals surface area contributed by atoms with Gasteiger partial charge in [0, 0.05) is 6.42 Å². The van der Waals surface area contributed by atoms with E-state index in [1.165, 1.54) is 96.3 Å². The molecule has 3 atom stereocenters. The molecule has 0 radical (unpaired) electrons. The van der Waals surface area contributed by atoms with Gasteiger partial charge in [-0.15, -0.1) is 0 Å². The maximum atomic E-state index is 13.2. The average molecular weight is 876 g/mol. The zero-order valence-corrected chi connectivity index (χ0v) is 40.9. The Labute approximate surface area is 388 Å². The van der Waals surface area contributed by atoms with Crippen LogP contribution in [0.1, 0.15) is 226 Å². The number of carbonyl (C=O) groups excluding carboxylic acids is 2. The summed E-state index contributed by atoms with van der Waals surface area (Å²) in [6, 6.07) is -0.719. The molecular formula is C57H97NO5. The number of hydrogen-bond acceptors (Lipinski definition) is 5. The standard InChI is InChI=1S/C57H97NO5/c1-4-7-10-13-16-19-22-24-26-28-30-32-34-36-39-42-45-48-53(51-56(61)58-54(52-59)55(60)49-46-43-40-37-21-18-15-12-9-6-3)63-57(62)50-47-44-41-38-35-33-31-29-27-25-23-20-17-14-11-8-5-2/h8,11,14,16-17,19-20,23-27,29,31,33,35,53-55,59-60H,4-7,9-10,12-13,15,18,21-22,28,30,32,34,36-52H2,1-3H3,(H,58,61)/b11-8-,17-14+,19-16-,23-20+,26-24-,27-25-,31-29+,35-33+. The first-order valence-electron chi connectivity index (χ1n) is 26.0. The molecule has 1 amide bonds. The summed E-state index contributed by atoms with van der Waals surface area (Å²) < 4.78 is 5.92. The van der Waals surface area contributed by atoms with Crippen LogP contribution in [0.5, 0.6) is 0 Å². The minimum Gasteiger partial charge on any atom is -0.462 e. The number of carbonyl (C=O) groups is 2. The predicted molar refractivity (Wildman–Crippen MR) is 273 cm³/mol. The third-order valence-electron chi connectivity index (χ3n) is 11.3. The Morgan fingerprint density at radius 1 is 0.492 bits per heavy atom.